The molecule has 0 bridgehead atoms. The van der Waals surface area contributed by atoms with Crippen molar-refractivity contribution in [1.29, 1.82) is 0 Å². The lowest BCUT2D eigenvalue weighted by atomic mass is 10.2. The number of hydrogen-bond donors (Lipinski definition) is 0. The van der Waals surface area contributed by atoms with Gasteiger partial charge in [-0.05, 0) is 18.6 Å². The number of hydrogen-bond acceptors (Lipinski definition) is 3. The normalized spacial score (nSPS) is 10.2. The van der Waals surface area contributed by atoms with Gasteiger partial charge in [-0.3, -0.25) is 0 Å². The molecule has 0 saturated heterocycles. The van der Waals surface area contributed by atoms with Crippen LogP contribution in [0.1, 0.15) is 19.8 Å². The minimum Gasteiger partial charge on any atom is -0.497 e. The van der Waals surface area contributed by atoms with Crippen molar-refractivity contribution in [3.05, 3.63) is 48.5 Å². The van der Waals surface area contributed by atoms with Crippen molar-refractivity contribution in [2.45, 2.75) is 19.8 Å². The van der Waals surface area contributed by atoms with E-state index in [0.29, 0.717) is 0 Å². The van der Waals surface area contributed by atoms with Crippen LogP contribution in [0.15, 0.2) is 48.5 Å². The molecule has 0 amide bonds. The highest BCUT2D eigenvalue weighted by molar-refractivity contribution is 5.66. The topological polar surface area (TPSA) is 21.7 Å². The Labute approximate surface area is 127 Å². The van der Waals surface area contributed by atoms with E-state index in [1.54, 1.807) is 14.2 Å². The van der Waals surface area contributed by atoms with E-state index in [-0.39, 0.29) is 0 Å². The molecular formula is C18H23NO2. The second kappa shape index (κ2) is 7.58. The Bertz CT molecular complexity index is 532. The summed E-state index contributed by atoms with van der Waals surface area (Å²) in [7, 11) is 3.36. The van der Waals surface area contributed by atoms with E-state index in [1.807, 2.05) is 24.3 Å². The molecule has 3 nitrogen and oxygen atoms in total. The number of ether oxygens (including phenoxy) is 2. The lowest BCUT2D eigenvalue weighted by Gasteiger charge is -2.25. The highest BCUT2D eigenvalue weighted by Gasteiger charge is 2.11. The summed E-state index contributed by atoms with van der Waals surface area (Å²) >= 11 is 0. The summed E-state index contributed by atoms with van der Waals surface area (Å²) in [6.45, 7) is 3.17. The van der Waals surface area contributed by atoms with Crippen molar-refractivity contribution in [3.8, 4) is 11.5 Å². The highest BCUT2D eigenvalue weighted by Crippen LogP contribution is 2.32. The summed E-state index contributed by atoms with van der Waals surface area (Å²) in [5, 5.41) is 0. The summed E-state index contributed by atoms with van der Waals surface area (Å²) in [4.78, 5) is 2.30. The van der Waals surface area contributed by atoms with Crippen LogP contribution in [0.4, 0.5) is 11.4 Å². The number of benzene rings is 2. The summed E-state index contributed by atoms with van der Waals surface area (Å²) in [5.74, 6) is 1.61. The molecule has 2 aromatic rings. The van der Waals surface area contributed by atoms with Gasteiger partial charge in [0.05, 0.1) is 14.2 Å². The zero-order valence-electron chi connectivity index (χ0n) is 13.0. The summed E-state index contributed by atoms with van der Waals surface area (Å²) < 4.78 is 10.8. The molecule has 0 aliphatic heterocycles. The molecule has 0 aromatic heterocycles. The van der Waals surface area contributed by atoms with Crippen LogP contribution < -0.4 is 14.4 Å². The van der Waals surface area contributed by atoms with Gasteiger partial charge in [0.25, 0.3) is 0 Å². The van der Waals surface area contributed by atoms with Gasteiger partial charge in [-0.15, -0.1) is 0 Å². The zero-order chi connectivity index (χ0) is 15.1. The number of methoxy groups -OCH3 is 2. The second-order valence-corrected chi connectivity index (χ2v) is 4.91. The number of nitrogens with zero attached hydrogens (tertiary/aromatic N) is 1. The summed E-state index contributed by atoms with van der Waals surface area (Å²) in [5.41, 5.74) is 2.27. The highest BCUT2D eigenvalue weighted by atomic mass is 16.5. The molecule has 21 heavy (non-hydrogen) atoms. The first-order valence-corrected chi connectivity index (χ1v) is 7.34. The molecule has 0 saturated carbocycles. The molecule has 0 N–H and O–H groups in total. The van der Waals surface area contributed by atoms with Gasteiger partial charge in [0.15, 0.2) is 0 Å². The van der Waals surface area contributed by atoms with Crippen molar-refractivity contribution < 1.29 is 9.47 Å². The quantitative estimate of drug-likeness (QED) is 0.739. The van der Waals surface area contributed by atoms with Crippen LogP contribution in [0, 0.1) is 0 Å². The molecule has 0 spiro atoms. The lowest BCUT2D eigenvalue weighted by Crippen LogP contribution is -2.18. The molecule has 0 unspecified atom stereocenters. The number of rotatable bonds is 7. The Morgan fingerprint density at radius 2 is 1.48 bits per heavy atom. The molecular weight excluding hydrogens is 262 g/mol. The van der Waals surface area contributed by atoms with Gasteiger partial charge in [-0.2, -0.15) is 0 Å². The van der Waals surface area contributed by atoms with Crippen LogP contribution in [0.25, 0.3) is 0 Å². The fourth-order valence-electron chi connectivity index (χ4n) is 2.28. The van der Waals surface area contributed by atoms with E-state index < -0.39 is 0 Å². The zero-order valence-corrected chi connectivity index (χ0v) is 13.0. The van der Waals surface area contributed by atoms with Gasteiger partial charge in [-0.1, -0.05) is 31.5 Å². The van der Waals surface area contributed by atoms with Crippen LogP contribution in [-0.4, -0.2) is 20.8 Å². The van der Waals surface area contributed by atoms with E-state index >= 15 is 0 Å². The Balaban J connectivity index is 2.40. The summed E-state index contributed by atoms with van der Waals surface area (Å²) in [6.07, 6.45) is 2.29. The molecule has 0 aliphatic rings. The van der Waals surface area contributed by atoms with E-state index in [9.17, 15) is 0 Å². The first-order valence-electron chi connectivity index (χ1n) is 7.34. The van der Waals surface area contributed by atoms with Crippen molar-refractivity contribution in [3.63, 3.8) is 0 Å². The second-order valence-electron chi connectivity index (χ2n) is 4.91. The molecule has 2 rings (SSSR count). The molecule has 0 heterocycles. The fraction of sp³-hybridized carbons (Fsp3) is 0.333. The van der Waals surface area contributed by atoms with Crippen molar-refractivity contribution in [1.82, 2.24) is 0 Å². The van der Waals surface area contributed by atoms with Gasteiger partial charge in [0.1, 0.15) is 11.5 Å². The van der Waals surface area contributed by atoms with E-state index in [2.05, 4.69) is 36.1 Å². The smallest absolute Gasteiger partial charge is 0.124 e. The largest absolute Gasteiger partial charge is 0.497 e. The predicted molar refractivity (Wildman–Crippen MR) is 87.9 cm³/mol. The molecule has 112 valence electrons. The fourth-order valence-corrected chi connectivity index (χ4v) is 2.28. The Hall–Kier alpha value is -2.16. The lowest BCUT2D eigenvalue weighted by molar-refractivity contribution is 0.394. The average Bonchev–Trinajstić information content (AvgIpc) is 2.55. The van der Waals surface area contributed by atoms with Crippen LogP contribution in [-0.2, 0) is 0 Å². The maximum absolute atomic E-state index is 5.38. The first kappa shape index (κ1) is 15.2. The number of unbranched alkanes of at least 4 members (excludes halogenated alkanes) is 1. The van der Waals surface area contributed by atoms with Gasteiger partial charge in [0.2, 0.25) is 0 Å². The third-order valence-corrected chi connectivity index (χ3v) is 3.45. The molecule has 0 radical (unpaired) electrons. The van der Waals surface area contributed by atoms with Crippen molar-refractivity contribution in [2.24, 2.45) is 0 Å². The van der Waals surface area contributed by atoms with Gasteiger partial charge < -0.3 is 14.4 Å². The Kier molecular flexibility index (Phi) is 5.50. The molecule has 3 heteroatoms. The van der Waals surface area contributed by atoms with E-state index in [0.717, 1.165) is 36.6 Å². The maximum Gasteiger partial charge on any atom is 0.124 e. The third-order valence-electron chi connectivity index (χ3n) is 3.45. The van der Waals surface area contributed by atoms with Crippen LogP contribution in [0.3, 0.4) is 0 Å². The average molecular weight is 285 g/mol. The van der Waals surface area contributed by atoms with Crippen LogP contribution in [0.5, 0.6) is 11.5 Å². The molecule has 2 aromatic carbocycles. The molecule has 0 atom stereocenters. The summed E-state index contributed by atoms with van der Waals surface area (Å²) in [6, 6.07) is 16.4. The standard InChI is InChI=1S/C18H23NO2/c1-4-5-11-19(15-9-7-6-8-10-15)16-12-17(20-2)14-18(13-16)21-3/h6-10,12-14H,4-5,11H2,1-3H3. The van der Waals surface area contributed by atoms with Crippen LogP contribution in [0.2, 0.25) is 0 Å². The van der Waals surface area contributed by atoms with Crippen molar-refractivity contribution >= 4 is 11.4 Å². The Morgan fingerprint density at radius 1 is 0.857 bits per heavy atom. The van der Waals surface area contributed by atoms with Gasteiger partial charge >= 0.3 is 0 Å². The first-order chi connectivity index (χ1) is 10.3. The number of anilines is 2. The Morgan fingerprint density at radius 3 is 2.00 bits per heavy atom. The third kappa shape index (κ3) is 3.91. The van der Waals surface area contributed by atoms with Crippen molar-refractivity contribution in [2.75, 3.05) is 25.7 Å². The van der Waals surface area contributed by atoms with E-state index in [1.165, 1.54) is 5.69 Å². The maximum atomic E-state index is 5.38. The minimum atomic E-state index is 0.807. The van der Waals surface area contributed by atoms with Gasteiger partial charge in [-0.25, -0.2) is 0 Å². The monoisotopic (exact) mass is 285 g/mol. The SMILES string of the molecule is CCCCN(c1ccccc1)c1cc(OC)cc(OC)c1. The van der Waals surface area contributed by atoms with Crippen LogP contribution >= 0.6 is 0 Å². The molecule has 0 aliphatic carbocycles. The van der Waals surface area contributed by atoms with Gasteiger partial charge in [0, 0.05) is 36.1 Å². The van der Waals surface area contributed by atoms with E-state index in [4.69, 9.17) is 9.47 Å². The number of para-hydroxylation sites is 1. The predicted octanol–water partition coefficient (Wildman–Crippen LogP) is 4.64. The minimum absolute atomic E-state index is 0.807. The molecule has 0 fully saturated rings.